The van der Waals surface area contributed by atoms with Crippen LogP contribution in [0.5, 0.6) is 0 Å². The highest BCUT2D eigenvalue weighted by Crippen LogP contribution is 2.39. The van der Waals surface area contributed by atoms with Crippen LogP contribution in [0.15, 0.2) is 60.7 Å². The molecule has 5 heteroatoms. The van der Waals surface area contributed by atoms with Crippen molar-refractivity contribution in [3.05, 3.63) is 71.8 Å². The van der Waals surface area contributed by atoms with Gasteiger partial charge in [-0.25, -0.2) is 0 Å². The molecule has 4 rings (SSSR count). The van der Waals surface area contributed by atoms with Crippen molar-refractivity contribution < 1.29 is 14.7 Å². The first-order chi connectivity index (χ1) is 11.7. The summed E-state index contributed by atoms with van der Waals surface area (Å²) in [6, 6.07) is 19.2. The molecule has 0 bridgehead atoms. The van der Waals surface area contributed by atoms with Crippen molar-refractivity contribution >= 4 is 5.91 Å². The van der Waals surface area contributed by atoms with Gasteiger partial charge < -0.3 is 14.8 Å². The van der Waals surface area contributed by atoms with Crippen LogP contribution in [0.3, 0.4) is 0 Å². The fourth-order valence-corrected chi connectivity index (χ4v) is 3.62. The highest BCUT2D eigenvalue weighted by Gasteiger charge is 2.50. The van der Waals surface area contributed by atoms with Crippen molar-refractivity contribution in [1.82, 2.24) is 9.96 Å². The summed E-state index contributed by atoms with van der Waals surface area (Å²) in [6.45, 7) is 0.848. The first kappa shape index (κ1) is 15.3. The molecule has 2 aromatic rings. The number of hydrogen-bond donors (Lipinski definition) is 1. The largest absolute Gasteiger partial charge is 0.352 e. The average molecular weight is 324 g/mol. The molecule has 0 spiro atoms. The zero-order valence-electron chi connectivity index (χ0n) is 13.3. The summed E-state index contributed by atoms with van der Waals surface area (Å²) < 4.78 is 5.87. The molecule has 5 nitrogen and oxygen atoms in total. The molecule has 2 aromatic carbocycles. The van der Waals surface area contributed by atoms with Crippen molar-refractivity contribution in [2.24, 2.45) is 0 Å². The van der Waals surface area contributed by atoms with Gasteiger partial charge in [-0.05, 0) is 5.56 Å². The molecule has 2 heterocycles. The lowest BCUT2D eigenvalue weighted by atomic mass is 10.1. The summed E-state index contributed by atoms with van der Waals surface area (Å²) in [4.78, 5) is 14.3. The summed E-state index contributed by atoms with van der Waals surface area (Å²) in [5.74, 6) is 0.0310. The minimum Gasteiger partial charge on any atom is -0.352 e. The molecule has 2 saturated heterocycles. The lowest BCUT2D eigenvalue weighted by Crippen LogP contribution is -2.42. The third-order valence-corrected chi connectivity index (χ3v) is 4.81. The minimum atomic E-state index is -0.348. The van der Waals surface area contributed by atoms with E-state index in [1.165, 1.54) is 5.06 Å². The number of amides is 1. The van der Waals surface area contributed by atoms with E-state index in [9.17, 15) is 10.0 Å². The van der Waals surface area contributed by atoms with Gasteiger partial charge in [0.15, 0.2) is 6.23 Å². The van der Waals surface area contributed by atoms with Gasteiger partial charge in [-0.1, -0.05) is 60.7 Å². The van der Waals surface area contributed by atoms with Crippen molar-refractivity contribution in [2.45, 2.75) is 31.3 Å². The summed E-state index contributed by atoms with van der Waals surface area (Å²) in [7, 11) is 0. The zero-order chi connectivity index (χ0) is 16.5. The fourth-order valence-electron chi connectivity index (χ4n) is 3.62. The quantitative estimate of drug-likeness (QED) is 0.878. The van der Waals surface area contributed by atoms with Crippen LogP contribution in [0.1, 0.15) is 23.8 Å². The average Bonchev–Trinajstić information content (AvgIpc) is 3.18. The van der Waals surface area contributed by atoms with E-state index in [2.05, 4.69) is 0 Å². The van der Waals surface area contributed by atoms with Gasteiger partial charge in [-0.2, -0.15) is 5.06 Å². The van der Waals surface area contributed by atoms with Gasteiger partial charge in [0.25, 0.3) is 0 Å². The van der Waals surface area contributed by atoms with Gasteiger partial charge in [0, 0.05) is 18.5 Å². The molecule has 2 fully saturated rings. The van der Waals surface area contributed by atoms with Crippen molar-refractivity contribution in [2.75, 3.05) is 6.61 Å². The molecule has 0 aromatic heterocycles. The normalized spacial score (nSPS) is 26.2. The Kier molecular flexibility index (Phi) is 4.06. The Labute approximate surface area is 141 Å². The fraction of sp³-hybridized carbons (Fsp3) is 0.316. The molecule has 0 radical (unpaired) electrons. The number of nitrogens with zero attached hydrogens (tertiary/aromatic N) is 2. The Bertz CT molecular complexity index is 707. The number of benzene rings is 2. The first-order valence-corrected chi connectivity index (χ1v) is 8.21. The lowest BCUT2D eigenvalue weighted by Gasteiger charge is -2.27. The van der Waals surface area contributed by atoms with Crippen LogP contribution in [0.25, 0.3) is 0 Å². The van der Waals surface area contributed by atoms with E-state index < -0.39 is 0 Å². The zero-order valence-corrected chi connectivity index (χ0v) is 13.3. The van der Waals surface area contributed by atoms with Crippen molar-refractivity contribution in [3.8, 4) is 0 Å². The number of carbonyl (C=O) groups excluding carboxylic acids is 1. The van der Waals surface area contributed by atoms with Crippen LogP contribution in [-0.4, -0.2) is 39.8 Å². The molecule has 3 atom stereocenters. The number of fused-ring (bicyclic) bond motifs is 1. The van der Waals surface area contributed by atoms with Gasteiger partial charge in [0.1, 0.15) is 0 Å². The van der Waals surface area contributed by atoms with Crippen LogP contribution in [0.2, 0.25) is 0 Å². The maximum absolute atomic E-state index is 12.5. The van der Waals surface area contributed by atoms with E-state index in [1.54, 1.807) is 4.90 Å². The summed E-state index contributed by atoms with van der Waals surface area (Å²) >= 11 is 0. The molecular weight excluding hydrogens is 304 g/mol. The second-order valence-electron chi connectivity index (χ2n) is 6.32. The molecule has 124 valence electrons. The van der Waals surface area contributed by atoms with Crippen LogP contribution in [0, 0.1) is 0 Å². The Morgan fingerprint density at radius 1 is 1.08 bits per heavy atom. The van der Waals surface area contributed by atoms with Gasteiger partial charge in [0.05, 0.1) is 18.7 Å². The molecule has 1 amide bonds. The number of rotatable bonds is 4. The first-order valence-electron chi connectivity index (χ1n) is 8.21. The minimum absolute atomic E-state index is 0.0310. The maximum Gasteiger partial charge on any atom is 0.227 e. The van der Waals surface area contributed by atoms with E-state index in [4.69, 9.17) is 4.74 Å². The van der Waals surface area contributed by atoms with Gasteiger partial charge in [-0.15, -0.1) is 0 Å². The van der Waals surface area contributed by atoms with E-state index in [0.717, 1.165) is 11.1 Å². The lowest BCUT2D eigenvalue weighted by molar-refractivity contribution is -0.142. The summed E-state index contributed by atoms with van der Waals surface area (Å²) in [5.41, 5.74) is 1.99. The summed E-state index contributed by atoms with van der Waals surface area (Å²) in [5, 5.41) is 11.8. The topological polar surface area (TPSA) is 53.0 Å². The Morgan fingerprint density at radius 2 is 1.75 bits per heavy atom. The highest BCUT2D eigenvalue weighted by molar-refractivity contribution is 5.80. The van der Waals surface area contributed by atoms with Crippen molar-refractivity contribution in [1.29, 1.82) is 0 Å². The van der Waals surface area contributed by atoms with Crippen LogP contribution in [-0.2, 0) is 16.1 Å². The number of ether oxygens (including phenoxy) is 1. The Balaban J connectivity index is 1.51. The predicted molar refractivity (Wildman–Crippen MR) is 87.9 cm³/mol. The number of carbonyl (C=O) groups is 1. The Morgan fingerprint density at radius 3 is 2.46 bits per heavy atom. The molecule has 0 saturated carbocycles. The smallest absolute Gasteiger partial charge is 0.227 e. The third kappa shape index (κ3) is 2.71. The standard InChI is InChI=1S/C19H20N2O3/c22-18-11-16(20(23)12-14-7-3-1-4-8-14)17-13-24-19(21(17)18)15-9-5-2-6-10-15/h1-10,16-17,19,23H,11-13H2/t16-,17+,19+/m0/s1. The highest BCUT2D eigenvalue weighted by atomic mass is 16.5. The van der Waals surface area contributed by atoms with Crippen molar-refractivity contribution in [3.63, 3.8) is 0 Å². The molecule has 2 aliphatic rings. The van der Waals surface area contributed by atoms with Gasteiger partial charge in [0.2, 0.25) is 5.91 Å². The molecule has 1 N–H and O–H groups in total. The second-order valence-corrected chi connectivity index (χ2v) is 6.32. The van der Waals surface area contributed by atoms with E-state index in [-0.39, 0.29) is 24.2 Å². The molecule has 0 aliphatic carbocycles. The third-order valence-electron chi connectivity index (χ3n) is 4.81. The SMILES string of the molecule is O=C1C[C@H](N(O)Cc2ccccc2)[C@H]2CO[C@H](c3ccccc3)N12. The van der Waals surface area contributed by atoms with E-state index in [0.29, 0.717) is 19.6 Å². The molecular formula is C19H20N2O3. The van der Waals surface area contributed by atoms with Gasteiger partial charge >= 0.3 is 0 Å². The van der Waals surface area contributed by atoms with Gasteiger partial charge in [-0.3, -0.25) is 4.79 Å². The van der Waals surface area contributed by atoms with Crippen LogP contribution < -0.4 is 0 Å². The predicted octanol–water partition coefficient (Wildman–Crippen LogP) is 2.58. The molecule has 0 unspecified atom stereocenters. The summed E-state index contributed by atoms with van der Waals surface area (Å²) in [6.07, 6.45) is -0.0282. The van der Waals surface area contributed by atoms with Crippen LogP contribution >= 0.6 is 0 Å². The molecule has 2 aliphatic heterocycles. The number of hydrogen-bond acceptors (Lipinski definition) is 4. The van der Waals surface area contributed by atoms with E-state index in [1.807, 2.05) is 60.7 Å². The number of hydroxylamine groups is 2. The van der Waals surface area contributed by atoms with Crippen LogP contribution in [0.4, 0.5) is 0 Å². The monoisotopic (exact) mass is 324 g/mol. The van der Waals surface area contributed by atoms with E-state index >= 15 is 0 Å². The second kappa shape index (κ2) is 6.36. The molecule has 24 heavy (non-hydrogen) atoms. The maximum atomic E-state index is 12.5. The Hall–Kier alpha value is -2.21.